The Labute approximate surface area is 124 Å². The molecular formula is C15H21ClN4. The molecule has 0 unspecified atom stereocenters. The highest BCUT2D eigenvalue weighted by atomic mass is 35.5. The Morgan fingerprint density at radius 3 is 2.80 bits per heavy atom. The topological polar surface area (TPSA) is 34.0 Å². The van der Waals surface area contributed by atoms with Crippen molar-refractivity contribution in [3.8, 4) is 0 Å². The van der Waals surface area contributed by atoms with Crippen molar-refractivity contribution < 1.29 is 0 Å². The van der Waals surface area contributed by atoms with Crippen LogP contribution >= 0.6 is 11.6 Å². The molecule has 20 heavy (non-hydrogen) atoms. The Hall–Kier alpha value is -1.13. The van der Waals surface area contributed by atoms with E-state index in [4.69, 9.17) is 16.6 Å². The second-order valence-electron chi connectivity index (χ2n) is 5.87. The quantitative estimate of drug-likeness (QED) is 0.795. The molecule has 0 radical (unpaired) electrons. The third kappa shape index (κ3) is 2.21. The molecule has 1 saturated carbocycles. The molecule has 2 aromatic rings. The number of hydrogen-bond donors (Lipinski definition) is 0. The maximum absolute atomic E-state index is 5.93. The molecule has 0 N–H and O–H groups in total. The SMILES string of the molecule is CN(C)C1(Cn2c(CCCl)nc3cccnc32)CCC1. The van der Waals surface area contributed by atoms with Crippen molar-refractivity contribution in [1.82, 2.24) is 19.4 Å². The summed E-state index contributed by atoms with van der Waals surface area (Å²) in [7, 11) is 4.35. The number of likely N-dealkylation sites (N-methyl/N-ethyl adjacent to an activating group) is 1. The lowest BCUT2D eigenvalue weighted by molar-refractivity contribution is 0.0426. The second kappa shape index (κ2) is 5.34. The Balaban J connectivity index is 2.02. The molecular weight excluding hydrogens is 272 g/mol. The molecule has 1 aliphatic carbocycles. The summed E-state index contributed by atoms with van der Waals surface area (Å²) in [6.45, 7) is 0.958. The molecule has 0 aromatic carbocycles. The average molecular weight is 293 g/mol. The van der Waals surface area contributed by atoms with Crippen LogP contribution in [-0.4, -0.2) is 44.9 Å². The lowest BCUT2D eigenvalue weighted by atomic mass is 9.75. The molecule has 1 aliphatic rings. The van der Waals surface area contributed by atoms with Gasteiger partial charge in [-0.25, -0.2) is 9.97 Å². The van der Waals surface area contributed by atoms with Gasteiger partial charge in [0.15, 0.2) is 5.65 Å². The van der Waals surface area contributed by atoms with Gasteiger partial charge in [0.2, 0.25) is 0 Å². The van der Waals surface area contributed by atoms with E-state index in [0.717, 1.165) is 30.0 Å². The summed E-state index contributed by atoms with van der Waals surface area (Å²) in [6, 6.07) is 3.97. The third-order valence-electron chi connectivity index (χ3n) is 4.59. The number of fused-ring (bicyclic) bond motifs is 1. The molecule has 3 rings (SSSR count). The van der Waals surface area contributed by atoms with Crippen molar-refractivity contribution in [3.05, 3.63) is 24.2 Å². The van der Waals surface area contributed by atoms with Gasteiger partial charge in [0, 0.05) is 30.6 Å². The normalized spacial score (nSPS) is 17.6. The molecule has 0 spiro atoms. The summed E-state index contributed by atoms with van der Waals surface area (Å²) in [5.74, 6) is 1.65. The first-order chi connectivity index (χ1) is 9.66. The summed E-state index contributed by atoms with van der Waals surface area (Å²) in [5, 5.41) is 0. The van der Waals surface area contributed by atoms with Crippen LogP contribution in [0.15, 0.2) is 18.3 Å². The molecule has 0 saturated heterocycles. The van der Waals surface area contributed by atoms with E-state index in [9.17, 15) is 0 Å². The smallest absolute Gasteiger partial charge is 0.160 e. The van der Waals surface area contributed by atoms with E-state index in [0.29, 0.717) is 5.88 Å². The molecule has 0 amide bonds. The summed E-state index contributed by atoms with van der Waals surface area (Å²) in [6.07, 6.45) is 6.43. The summed E-state index contributed by atoms with van der Waals surface area (Å²) < 4.78 is 2.27. The minimum atomic E-state index is 0.256. The Kier molecular flexibility index (Phi) is 3.69. The number of pyridine rings is 1. The van der Waals surface area contributed by atoms with Gasteiger partial charge in [-0.05, 0) is 45.5 Å². The number of hydrogen-bond acceptors (Lipinski definition) is 3. The van der Waals surface area contributed by atoms with Gasteiger partial charge in [-0.2, -0.15) is 0 Å². The predicted octanol–water partition coefficient (Wildman–Crippen LogP) is 2.70. The molecule has 0 aliphatic heterocycles. The molecule has 0 bridgehead atoms. The highest BCUT2D eigenvalue weighted by molar-refractivity contribution is 6.17. The first-order valence-electron chi connectivity index (χ1n) is 7.20. The first-order valence-corrected chi connectivity index (χ1v) is 7.73. The van der Waals surface area contributed by atoms with Crippen LogP contribution in [0, 0.1) is 0 Å². The van der Waals surface area contributed by atoms with Crippen LogP contribution < -0.4 is 0 Å². The maximum Gasteiger partial charge on any atom is 0.160 e. The van der Waals surface area contributed by atoms with E-state index in [1.54, 1.807) is 0 Å². The minimum absolute atomic E-state index is 0.256. The summed E-state index contributed by atoms with van der Waals surface area (Å²) in [4.78, 5) is 11.6. The molecule has 5 heteroatoms. The van der Waals surface area contributed by atoms with Gasteiger partial charge < -0.3 is 9.47 Å². The van der Waals surface area contributed by atoms with Crippen molar-refractivity contribution >= 4 is 22.8 Å². The maximum atomic E-state index is 5.93. The van der Waals surface area contributed by atoms with Gasteiger partial charge in [0.25, 0.3) is 0 Å². The molecule has 0 atom stereocenters. The fourth-order valence-corrected chi connectivity index (χ4v) is 3.24. The standard InChI is InChI=1S/C15H21ClN4/c1-19(2)15(7-4-8-15)11-20-13(6-9-16)18-12-5-3-10-17-14(12)20/h3,5,10H,4,6-9,11H2,1-2H3. The van der Waals surface area contributed by atoms with Crippen LogP contribution in [0.1, 0.15) is 25.1 Å². The van der Waals surface area contributed by atoms with Crippen molar-refractivity contribution in [2.75, 3.05) is 20.0 Å². The van der Waals surface area contributed by atoms with Gasteiger partial charge in [-0.1, -0.05) is 0 Å². The number of rotatable bonds is 5. The van der Waals surface area contributed by atoms with Crippen LogP contribution in [0.4, 0.5) is 0 Å². The van der Waals surface area contributed by atoms with E-state index < -0.39 is 0 Å². The minimum Gasteiger partial charge on any atom is -0.311 e. The molecule has 1 fully saturated rings. The highest BCUT2D eigenvalue weighted by Gasteiger charge is 2.40. The fourth-order valence-electron chi connectivity index (χ4n) is 3.07. The predicted molar refractivity (Wildman–Crippen MR) is 82.2 cm³/mol. The van der Waals surface area contributed by atoms with Crippen LogP contribution in [-0.2, 0) is 13.0 Å². The first kappa shape index (κ1) is 13.8. The zero-order chi connectivity index (χ0) is 14.2. The zero-order valence-corrected chi connectivity index (χ0v) is 12.9. The lowest BCUT2D eigenvalue weighted by Crippen LogP contribution is -2.53. The molecule has 4 nitrogen and oxygen atoms in total. The van der Waals surface area contributed by atoms with Crippen molar-refractivity contribution in [1.29, 1.82) is 0 Å². The van der Waals surface area contributed by atoms with Crippen LogP contribution in [0.25, 0.3) is 11.2 Å². The van der Waals surface area contributed by atoms with E-state index in [1.807, 2.05) is 18.3 Å². The average Bonchev–Trinajstić information content (AvgIpc) is 2.71. The van der Waals surface area contributed by atoms with Gasteiger partial charge in [0.05, 0.1) is 0 Å². The molecule has 2 aromatic heterocycles. The van der Waals surface area contributed by atoms with Crippen molar-refractivity contribution in [3.63, 3.8) is 0 Å². The number of imidazole rings is 1. The molecule has 2 heterocycles. The van der Waals surface area contributed by atoms with Crippen LogP contribution in [0.5, 0.6) is 0 Å². The van der Waals surface area contributed by atoms with E-state index >= 15 is 0 Å². The van der Waals surface area contributed by atoms with Gasteiger partial charge >= 0.3 is 0 Å². The van der Waals surface area contributed by atoms with E-state index in [-0.39, 0.29) is 5.54 Å². The third-order valence-corrected chi connectivity index (χ3v) is 4.78. The van der Waals surface area contributed by atoms with Gasteiger partial charge in [-0.3, -0.25) is 0 Å². The zero-order valence-electron chi connectivity index (χ0n) is 12.1. The van der Waals surface area contributed by atoms with E-state index in [2.05, 4.69) is 28.5 Å². The Bertz CT molecular complexity index is 601. The van der Waals surface area contributed by atoms with Crippen molar-refractivity contribution in [2.45, 2.75) is 37.8 Å². The lowest BCUT2D eigenvalue weighted by Gasteiger charge is -2.47. The van der Waals surface area contributed by atoms with Gasteiger partial charge in [0.1, 0.15) is 11.3 Å². The van der Waals surface area contributed by atoms with E-state index in [1.165, 1.54) is 19.3 Å². The largest absolute Gasteiger partial charge is 0.311 e. The molecule has 108 valence electrons. The number of aryl methyl sites for hydroxylation is 1. The van der Waals surface area contributed by atoms with Crippen molar-refractivity contribution in [2.24, 2.45) is 0 Å². The fraction of sp³-hybridized carbons (Fsp3) is 0.600. The Morgan fingerprint density at radius 2 is 2.20 bits per heavy atom. The monoisotopic (exact) mass is 292 g/mol. The number of alkyl halides is 1. The number of halogens is 1. The second-order valence-corrected chi connectivity index (χ2v) is 6.25. The number of nitrogens with zero attached hydrogens (tertiary/aromatic N) is 4. The Morgan fingerprint density at radius 1 is 1.40 bits per heavy atom. The van der Waals surface area contributed by atoms with Crippen LogP contribution in [0.2, 0.25) is 0 Å². The number of aromatic nitrogens is 3. The van der Waals surface area contributed by atoms with Crippen LogP contribution in [0.3, 0.4) is 0 Å². The summed E-state index contributed by atoms with van der Waals surface area (Å²) >= 11 is 5.93. The highest BCUT2D eigenvalue weighted by Crippen LogP contribution is 2.38. The summed E-state index contributed by atoms with van der Waals surface area (Å²) in [5.41, 5.74) is 2.22. The van der Waals surface area contributed by atoms with Gasteiger partial charge in [-0.15, -0.1) is 11.6 Å².